The van der Waals surface area contributed by atoms with Gasteiger partial charge in [-0.1, -0.05) is 43.0 Å². The van der Waals surface area contributed by atoms with Gasteiger partial charge in [-0.15, -0.1) is 0 Å². The third-order valence-corrected chi connectivity index (χ3v) is 5.42. The molecule has 21 heavy (non-hydrogen) atoms. The summed E-state index contributed by atoms with van der Waals surface area (Å²) < 4.78 is 0. The van der Waals surface area contributed by atoms with Crippen molar-refractivity contribution in [2.24, 2.45) is 17.1 Å². The molecule has 0 amide bonds. The van der Waals surface area contributed by atoms with Gasteiger partial charge in [-0.2, -0.15) is 0 Å². The summed E-state index contributed by atoms with van der Waals surface area (Å²) >= 11 is 12.1. The molecule has 3 N–H and O–H groups in total. The number of hydrogen-bond donors (Lipinski definition) is 2. The summed E-state index contributed by atoms with van der Waals surface area (Å²) in [5.74, 6) is 0.782. The Kier molecular flexibility index (Phi) is 5.96. The van der Waals surface area contributed by atoms with Gasteiger partial charge in [0.15, 0.2) is 0 Å². The second kappa shape index (κ2) is 7.32. The van der Waals surface area contributed by atoms with Crippen molar-refractivity contribution in [2.45, 2.75) is 51.6 Å². The minimum absolute atomic E-state index is 0.238. The van der Waals surface area contributed by atoms with Gasteiger partial charge < -0.3 is 10.8 Å². The fourth-order valence-corrected chi connectivity index (χ4v) is 4.17. The molecule has 1 fully saturated rings. The second-order valence-corrected chi connectivity index (χ2v) is 7.28. The zero-order chi connectivity index (χ0) is 15.5. The molecule has 1 unspecified atom stereocenters. The Morgan fingerprint density at radius 2 is 1.81 bits per heavy atom. The highest BCUT2D eigenvalue weighted by atomic mass is 35.5. The van der Waals surface area contributed by atoms with Gasteiger partial charge in [0.25, 0.3) is 0 Å². The Hall–Kier alpha value is -0.280. The molecule has 2 rings (SSSR count). The molecule has 1 aliphatic carbocycles. The van der Waals surface area contributed by atoms with Crippen LogP contribution in [0, 0.1) is 11.3 Å². The van der Waals surface area contributed by atoms with Gasteiger partial charge in [-0.25, -0.2) is 0 Å². The highest BCUT2D eigenvalue weighted by Gasteiger charge is 2.40. The summed E-state index contributed by atoms with van der Waals surface area (Å²) in [4.78, 5) is 0. The zero-order valence-electron chi connectivity index (χ0n) is 12.6. The van der Waals surface area contributed by atoms with Crippen LogP contribution in [-0.4, -0.2) is 11.7 Å². The van der Waals surface area contributed by atoms with E-state index in [2.05, 4.69) is 6.92 Å². The minimum Gasteiger partial charge on any atom is -0.388 e. The first kappa shape index (κ1) is 17.1. The molecule has 0 saturated heterocycles. The van der Waals surface area contributed by atoms with Crippen LogP contribution in [0.4, 0.5) is 0 Å². The molecule has 1 atom stereocenters. The molecule has 1 saturated carbocycles. The average molecular weight is 330 g/mol. The van der Waals surface area contributed by atoms with Crippen molar-refractivity contribution in [1.82, 2.24) is 0 Å². The highest BCUT2D eigenvalue weighted by molar-refractivity contribution is 6.34. The lowest BCUT2D eigenvalue weighted by Gasteiger charge is -2.43. The lowest BCUT2D eigenvalue weighted by molar-refractivity contribution is -0.0108. The molecular formula is C17H25Cl2NO. The molecule has 0 radical (unpaired) electrons. The van der Waals surface area contributed by atoms with E-state index < -0.39 is 6.10 Å². The number of aliphatic hydroxyl groups is 1. The zero-order valence-corrected chi connectivity index (χ0v) is 14.1. The molecule has 0 aromatic heterocycles. The molecule has 0 heterocycles. The fourth-order valence-electron chi connectivity index (χ4n) is 3.63. The number of benzene rings is 1. The number of aliphatic hydroxyl groups excluding tert-OH is 1. The van der Waals surface area contributed by atoms with Gasteiger partial charge in [0.2, 0.25) is 0 Å². The quantitative estimate of drug-likeness (QED) is 0.801. The molecular weight excluding hydrogens is 305 g/mol. The first-order chi connectivity index (χ1) is 10.0. The van der Waals surface area contributed by atoms with Crippen molar-refractivity contribution in [1.29, 1.82) is 0 Å². The molecule has 1 aromatic carbocycles. The van der Waals surface area contributed by atoms with Crippen molar-refractivity contribution in [3.63, 3.8) is 0 Å². The number of rotatable bonds is 5. The summed E-state index contributed by atoms with van der Waals surface area (Å²) in [5, 5.41) is 12.0. The molecule has 2 nitrogen and oxygen atoms in total. The van der Waals surface area contributed by atoms with Gasteiger partial charge in [0.05, 0.1) is 6.10 Å². The standard InChI is InChI=1S/C17H25Cl2NO/c1-2-3-12-4-6-17(11-20,7-5-12)16(21)13-8-14(18)10-15(19)9-13/h8-10,12,16,21H,2-7,11,20H2,1H3. The van der Waals surface area contributed by atoms with E-state index in [0.717, 1.165) is 37.2 Å². The van der Waals surface area contributed by atoms with Crippen LogP contribution < -0.4 is 5.73 Å². The Labute approximate surface area is 137 Å². The SMILES string of the molecule is CCCC1CCC(CN)(C(O)c2cc(Cl)cc(Cl)c2)CC1. The Balaban J connectivity index is 2.17. The van der Waals surface area contributed by atoms with Gasteiger partial charge in [-0.05, 0) is 55.4 Å². The smallest absolute Gasteiger partial charge is 0.0859 e. The third-order valence-electron chi connectivity index (χ3n) is 4.99. The number of hydrogen-bond acceptors (Lipinski definition) is 2. The Morgan fingerprint density at radius 1 is 1.24 bits per heavy atom. The van der Waals surface area contributed by atoms with Crippen LogP contribution in [0.25, 0.3) is 0 Å². The van der Waals surface area contributed by atoms with Gasteiger partial charge in [-0.3, -0.25) is 0 Å². The predicted octanol–water partition coefficient (Wildman–Crippen LogP) is 4.96. The molecule has 1 aromatic rings. The van der Waals surface area contributed by atoms with Crippen LogP contribution in [0.2, 0.25) is 10.0 Å². The largest absolute Gasteiger partial charge is 0.388 e. The van der Waals surface area contributed by atoms with Gasteiger partial charge >= 0.3 is 0 Å². The first-order valence-corrected chi connectivity index (χ1v) is 8.60. The van der Waals surface area contributed by atoms with E-state index in [4.69, 9.17) is 28.9 Å². The summed E-state index contributed by atoms with van der Waals surface area (Å²) in [6.45, 7) is 2.73. The normalized spacial score (nSPS) is 27.6. The lowest BCUT2D eigenvalue weighted by atomic mass is 9.65. The maximum Gasteiger partial charge on any atom is 0.0859 e. The fraction of sp³-hybridized carbons (Fsp3) is 0.647. The molecule has 0 spiro atoms. The van der Waals surface area contributed by atoms with Gasteiger partial charge in [0.1, 0.15) is 0 Å². The van der Waals surface area contributed by atoms with E-state index in [9.17, 15) is 5.11 Å². The summed E-state index contributed by atoms with van der Waals surface area (Å²) in [7, 11) is 0. The van der Waals surface area contributed by atoms with Crippen LogP contribution in [0.15, 0.2) is 18.2 Å². The summed E-state index contributed by atoms with van der Waals surface area (Å²) in [6, 6.07) is 5.29. The summed E-state index contributed by atoms with van der Waals surface area (Å²) in [6.07, 6.45) is 6.15. The number of halogens is 2. The maximum absolute atomic E-state index is 10.9. The van der Waals surface area contributed by atoms with E-state index >= 15 is 0 Å². The van der Waals surface area contributed by atoms with Crippen LogP contribution in [0.5, 0.6) is 0 Å². The molecule has 4 heteroatoms. The molecule has 0 aliphatic heterocycles. The van der Waals surface area contributed by atoms with E-state index in [1.807, 2.05) is 0 Å². The predicted molar refractivity (Wildman–Crippen MR) is 89.8 cm³/mol. The van der Waals surface area contributed by atoms with E-state index in [1.165, 1.54) is 12.8 Å². The summed E-state index contributed by atoms with van der Waals surface area (Å²) in [5.41, 5.74) is 6.59. The van der Waals surface area contributed by atoms with Crippen molar-refractivity contribution >= 4 is 23.2 Å². The van der Waals surface area contributed by atoms with E-state index in [0.29, 0.717) is 16.6 Å². The van der Waals surface area contributed by atoms with Crippen molar-refractivity contribution < 1.29 is 5.11 Å². The molecule has 0 bridgehead atoms. The van der Waals surface area contributed by atoms with E-state index in [-0.39, 0.29) is 5.41 Å². The third kappa shape index (κ3) is 3.92. The van der Waals surface area contributed by atoms with Crippen LogP contribution in [-0.2, 0) is 0 Å². The van der Waals surface area contributed by atoms with Crippen LogP contribution in [0.3, 0.4) is 0 Å². The van der Waals surface area contributed by atoms with Crippen LogP contribution in [0.1, 0.15) is 57.1 Å². The van der Waals surface area contributed by atoms with Crippen molar-refractivity contribution in [3.8, 4) is 0 Å². The Bertz CT molecular complexity index is 450. The highest BCUT2D eigenvalue weighted by Crippen LogP contribution is 2.48. The van der Waals surface area contributed by atoms with Crippen molar-refractivity contribution in [3.05, 3.63) is 33.8 Å². The first-order valence-electron chi connectivity index (χ1n) is 7.85. The molecule has 118 valence electrons. The minimum atomic E-state index is -0.596. The monoisotopic (exact) mass is 329 g/mol. The van der Waals surface area contributed by atoms with E-state index in [1.54, 1.807) is 18.2 Å². The van der Waals surface area contributed by atoms with Gasteiger partial charge in [0, 0.05) is 22.0 Å². The number of nitrogens with two attached hydrogens (primary N) is 1. The average Bonchev–Trinajstić information content (AvgIpc) is 2.47. The van der Waals surface area contributed by atoms with Crippen LogP contribution >= 0.6 is 23.2 Å². The molecule has 1 aliphatic rings. The second-order valence-electron chi connectivity index (χ2n) is 6.40. The Morgan fingerprint density at radius 3 is 2.29 bits per heavy atom. The lowest BCUT2D eigenvalue weighted by Crippen LogP contribution is -2.40. The maximum atomic E-state index is 10.9. The topological polar surface area (TPSA) is 46.2 Å². The van der Waals surface area contributed by atoms with Crippen molar-refractivity contribution in [2.75, 3.05) is 6.54 Å².